The summed E-state index contributed by atoms with van der Waals surface area (Å²) in [6, 6.07) is 6.35. The first-order chi connectivity index (χ1) is 6.68. The highest BCUT2D eigenvalue weighted by atomic mass is 127. The third-order valence-electron chi connectivity index (χ3n) is 2.43. The van der Waals surface area contributed by atoms with Crippen molar-refractivity contribution >= 4 is 22.6 Å². The number of rotatable bonds is 3. The second-order valence-electron chi connectivity index (χ2n) is 4.13. The Hall–Kier alpha value is -0.250. The van der Waals surface area contributed by atoms with Crippen molar-refractivity contribution in [2.75, 3.05) is 0 Å². The lowest BCUT2D eigenvalue weighted by Crippen LogP contribution is -2.00. The molecule has 1 fully saturated rings. The van der Waals surface area contributed by atoms with Gasteiger partial charge in [-0.2, -0.15) is 0 Å². The Bertz CT molecular complexity index is 329. The van der Waals surface area contributed by atoms with Crippen molar-refractivity contribution < 1.29 is 4.74 Å². The first-order valence-electron chi connectivity index (χ1n) is 5.13. The normalized spacial score (nSPS) is 16.0. The lowest BCUT2D eigenvalue weighted by atomic mass is 10.0. The smallest absolute Gasteiger partial charge is 0.133 e. The highest BCUT2D eigenvalue weighted by Gasteiger charge is 2.24. The molecule has 1 nitrogen and oxygen atoms in total. The fourth-order valence-electron chi connectivity index (χ4n) is 1.43. The lowest BCUT2D eigenvalue weighted by Gasteiger charge is -2.13. The Labute approximate surface area is 99.0 Å². The molecule has 76 valence electrons. The molecule has 0 radical (unpaired) electrons. The van der Waals surface area contributed by atoms with Gasteiger partial charge in [-0.05, 0) is 53.0 Å². The Morgan fingerprint density at radius 3 is 2.64 bits per heavy atom. The van der Waals surface area contributed by atoms with Gasteiger partial charge < -0.3 is 4.74 Å². The fourth-order valence-corrected chi connectivity index (χ4v) is 2.54. The van der Waals surface area contributed by atoms with E-state index in [9.17, 15) is 0 Å². The molecule has 0 atom stereocenters. The van der Waals surface area contributed by atoms with Crippen LogP contribution in [0.2, 0.25) is 0 Å². The SMILES string of the molecule is CC(C)c1cccc(OC2CC2)c1I. The van der Waals surface area contributed by atoms with Crippen LogP contribution in [0.15, 0.2) is 18.2 Å². The summed E-state index contributed by atoms with van der Waals surface area (Å²) in [6.45, 7) is 4.44. The van der Waals surface area contributed by atoms with E-state index >= 15 is 0 Å². The average molecular weight is 302 g/mol. The molecule has 1 aromatic rings. The van der Waals surface area contributed by atoms with Crippen molar-refractivity contribution in [1.82, 2.24) is 0 Å². The van der Waals surface area contributed by atoms with Crippen molar-refractivity contribution in [3.8, 4) is 5.75 Å². The molecule has 0 N–H and O–H groups in total. The van der Waals surface area contributed by atoms with E-state index in [0.29, 0.717) is 12.0 Å². The Morgan fingerprint density at radius 1 is 1.36 bits per heavy atom. The zero-order valence-corrected chi connectivity index (χ0v) is 10.7. The second-order valence-corrected chi connectivity index (χ2v) is 5.21. The topological polar surface area (TPSA) is 9.23 Å². The van der Waals surface area contributed by atoms with Crippen LogP contribution in [0, 0.1) is 3.57 Å². The van der Waals surface area contributed by atoms with E-state index < -0.39 is 0 Å². The van der Waals surface area contributed by atoms with Crippen LogP contribution >= 0.6 is 22.6 Å². The van der Waals surface area contributed by atoms with Gasteiger partial charge in [0.05, 0.1) is 9.67 Å². The molecule has 0 unspecified atom stereocenters. The average Bonchev–Trinajstić information content (AvgIpc) is 2.92. The monoisotopic (exact) mass is 302 g/mol. The summed E-state index contributed by atoms with van der Waals surface area (Å²) < 4.78 is 7.12. The summed E-state index contributed by atoms with van der Waals surface area (Å²) in [5.41, 5.74) is 1.39. The van der Waals surface area contributed by atoms with Crippen LogP contribution in [0.25, 0.3) is 0 Å². The van der Waals surface area contributed by atoms with Gasteiger partial charge in [-0.25, -0.2) is 0 Å². The van der Waals surface area contributed by atoms with Crippen LogP contribution in [0.3, 0.4) is 0 Å². The standard InChI is InChI=1S/C12H15IO/c1-8(2)10-4-3-5-11(12(10)13)14-9-6-7-9/h3-5,8-9H,6-7H2,1-2H3. The molecule has 0 saturated heterocycles. The summed E-state index contributed by atoms with van der Waals surface area (Å²) in [4.78, 5) is 0. The first kappa shape index (κ1) is 10.3. The molecule has 1 aliphatic carbocycles. The van der Waals surface area contributed by atoms with E-state index in [4.69, 9.17) is 4.74 Å². The molecule has 0 aliphatic heterocycles. The molecule has 0 amide bonds. The van der Waals surface area contributed by atoms with Gasteiger partial charge in [0.2, 0.25) is 0 Å². The lowest BCUT2D eigenvalue weighted by molar-refractivity contribution is 0.300. The van der Waals surface area contributed by atoms with Crippen molar-refractivity contribution in [2.24, 2.45) is 0 Å². The Morgan fingerprint density at radius 2 is 2.07 bits per heavy atom. The van der Waals surface area contributed by atoms with Crippen molar-refractivity contribution in [3.63, 3.8) is 0 Å². The molecule has 1 aromatic carbocycles. The van der Waals surface area contributed by atoms with E-state index in [1.165, 1.54) is 22.0 Å². The van der Waals surface area contributed by atoms with E-state index in [2.05, 4.69) is 54.6 Å². The fraction of sp³-hybridized carbons (Fsp3) is 0.500. The highest BCUT2D eigenvalue weighted by Crippen LogP contribution is 2.33. The second kappa shape index (κ2) is 4.09. The minimum Gasteiger partial charge on any atom is -0.489 e. The summed E-state index contributed by atoms with van der Waals surface area (Å²) in [7, 11) is 0. The number of ether oxygens (including phenoxy) is 1. The summed E-state index contributed by atoms with van der Waals surface area (Å²) in [5.74, 6) is 1.64. The van der Waals surface area contributed by atoms with E-state index in [0.717, 1.165) is 5.75 Å². The molecule has 2 heteroatoms. The van der Waals surface area contributed by atoms with Crippen LogP contribution in [0.1, 0.15) is 38.2 Å². The molecular formula is C12H15IO. The third-order valence-corrected chi connectivity index (χ3v) is 3.59. The van der Waals surface area contributed by atoms with Crippen LogP contribution in [0.4, 0.5) is 0 Å². The maximum atomic E-state index is 5.84. The molecule has 0 spiro atoms. The minimum absolute atomic E-state index is 0.492. The number of halogens is 1. The quantitative estimate of drug-likeness (QED) is 0.768. The molecule has 14 heavy (non-hydrogen) atoms. The zero-order chi connectivity index (χ0) is 10.1. The maximum absolute atomic E-state index is 5.84. The molecular weight excluding hydrogens is 287 g/mol. The number of benzene rings is 1. The number of hydrogen-bond donors (Lipinski definition) is 0. The van der Waals surface area contributed by atoms with E-state index in [-0.39, 0.29) is 0 Å². The van der Waals surface area contributed by atoms with Crippen LogP contribution < -0.4 is 4.74 Å². The Balaban J connectivity index is 2.25. The Kier molecular flexibility index (Phi) is 3.00. The molecule has 1 saturated carbocycles. The molecule has 0 bridgehead atoms. The summed E-state index contributed by atoms with van der Waals surface area (Å²) in [5, 5.41) is 0. The van der Waals surface area contributed by atoms with Crippen molar-refractivity contribution in [3.05, 3.63) is 27.3 Å². The molecule has 2 rings (SSSR count). The summed E-state index contributed by atoms with van der Waals surface area (Å²) in [6.07, 6.45) is 2.94. The van der Waals surface area contributed by atoms with E-state index in [1.54, 1.807) is 0 Å². The van der Waals surface area contributed by atoms with Crippen LogP contribution in [-0.4, -0.2) is 6.10 Å². The van der Waals surface area contributed by atoms with Crippen molar-refractivity contribution in [2.45, 2.75) is 38.7 Å². The molecule has 1 aliphatic rings. The van der Waals surface area contributed by atoms with Gasteiger partial charge >= 0.3 is 0 Å². The molecule has 0 aromatic heterocycles. The van der Waals surface area contributed by atoms with Gasteiger partial charge in [0, 0.05) is 0 Å². The van der Waals surface area contributed by atoms with Gasteiger partial charge in [-0.1, -0.05) is 26.0 Å². The van der Waals surface area contributed by atoms with Gasteiger partial charge in [0.25, 0.3) is 0 Å². The molecule has 0 heterocycles. The first-order valence-corrected chi connectivity index (χ1v) is 6.21. The summed E-state index contributed by atoms with van der Waals surface area (Å²) >= 11 is 2.39. The predicted octanol–water partition coefficient (Wildman–Crippen LogP) is 3.96. The van der Waals surface area contributed by atoms with Crippen LogP contribution in [-0.2, 0) is 0 Å². The third kappa shape index (κ3) is 2.22. The van der Waals surface area contributed by atoms with Gasteiger partial charge in [-0.3, -0.25) is 0 Å². The van der Waals surface area contributed by atoms with Gasteiger partial charge in [0.15, 0.2) is 0 Å². The van der Waals surface area contributed by atoms with Gasteiger partial charge in [-0.15, -0.1) is 0 Å². The van der Waals surface area contributed by atoms with Crippen LogP contribution in [0.5, 0.6) is 5.75 Å². The largest absolute Gasteiger partial charge is 0.489 e. The van der Waals surface area contributed by atoms with E-state index in [1.807, 2.05) is 0 Å². The zero-order valence-electron chi connectivity index (χ0n) is 8.59. The van der Waals surface area contributed by atoms with Gasteiger partial charge in [0.1, 0.15) is 5.75 Å². The highest BCUT2D eigenvalue weighted by molar-refractivity contribution is 14.1. The maximum Gasteiger partial charge on any atom is 0.133 e. The van der Waals surface area contributed by atoms with Crippen molar-refractivity contribution in [1.29, 1.82) is 0 Å². The number of hydrogen-bond acceptors (Lipinski definition) is 1. The minimum atomic E-state index is 0.492. The predicted molar refractivity (Wildman–Crippen MR) is 66.9 cm³/mol.